The van der Waals surface area contributed by atoms with Crippen molar-refractivity contribution in [3.05, 3.63) is 105 Å². The van der Waals surface area contributed by atoms with E-state index in [9.17, 15) is 34.7 Å². The summed E-state index contributed by atoms with van der Waals surface area (Å²) in [6.07, 6.45) is 0.749. The number of aromatic nitrogens is 1. The van der Waals surface area contributed by atoms with Crippen molar-refractivity contribution >= 4 is 46.6 Å². The first-order valence-corrected chi connectivity index (χ1v) is 24.6. The molecule has 1 saturated carbocycles. The zero-order chi connectivity index (χ0) is 48.9. The number of piperazine rings is 1. The molecule has 0 unspecified atom stereocenters. The molecule has 3 aliphatic rings. The molecular weight excluding hydrogens is 904 g/mol. The fraction of sp³-hybridized carbons (Fsp3) is 0.490. The van der Waals surface area contributed by atoms with Gasteiger partial charge >= 0.3 is 0 Å². The second-order valence-electron chi connectivity index (χ2n) is 19.5. The van der Waals surface area contributed by atoms with Crippen LogP contribution in [0.3, 0.4) is 0 Å². The van der Waals surface area contributed by atoms with Crippen molar-refractivity contribution in [3.63, 3.8) is 0 Å². The van der Waals surface area contributed by atoms with Crippen LogP contribution < -0.4 is 20.7 Å². The highest BCUT2D eigenvalue weighted by Gasteiger charge is 2.64. The number of aryl methyl sites for hydroxylation is 2. The van der Waals surface area contributed by atoms with Gasteiger partial charge in [-0.3, -0.25) is 24.1 Å². The van der Waals surface area contributed by atoms with E-state index in [0.29, 0.717) is 40.6 Å². The lowest BCUT2D eigenvalue weighted by Gasteiger charge is -2.63. The number of β-amino-alcohol motifs (C(OH)–C–C–N with tert-alkyl or cyclic N) is 1. The lowest BCUT2D eigenvalue weighted by Crippen LogP contribution is -2.74. The summed E-state index contributed by atoms with van der Waals surface area (Å²) in [6.45, 7) is 15.5. The van der Waals surface area contributed by atoms with Crippen molar-refractivity contribution in [2.45, 2.75) is 97.2 Å². The standard InChI is InChI=1S/C51H63ClN8O7S/c1-31-44(68-30-54-31)35-15-13-34(14-16-35)41(29-61)56-46(65)42-24-38(62)27-60(42)47(66)32(2)55-43(63)28-59-22-20-58(21-23-59)19-7-8-33-9-11-36(12-10-33)45(64)57-48-50(3,4)49(51(48,5)6)67-39-18-17-37(26-53)40(52)25-39/h9-18,25,30,32,38,41-42,48-49,61-62H,7-8,19-24,27-29H2,1-6H3,(H,55,63)(H,56,65)(H,57,64)/t32-,38+,41-,42-,48-,49-/m0/s1. The summed E-state index contributed by atoms with van der Waals surface area (Å²) in [4.78, 5) is 64.8. The Morgan fingerprint density at radius 2 is 1.65 bits per heavy atom. The molecule has 0 radical (unpaired) electrons. The molecule has 68 heavy (non-hydrogen) atoms. The Kier molecular flexibility index (Phi) is 15.9. The molecule has 5 N–H and O–H groups in total. The first-order chi connectivity index (χ1) is 32.4. The topological polar surface area (TPSA) is 200 Å². The van der Waals surface area contributed by atoms with Crippen molar-refractivity contribution in [2.24, 2.45) is 10.8 Å². The van der Waals surface area contributed by atoms with E-state index in [0.717, 1.165) is 54.2 Å². The number of aliphatic hydroxyl groups is 2. The Balaban J connectivity index is 0.804. The maximum absolute atomic E-state index is 13.6. The molecule has 3 fully saturated rings. The number of hydrogen-bond donors (Lipinski definition) is 5. The van der Waals surface area contributed by atoms with E-state index in [1.165, 1.54) is 16.2 Å². The van der Waals surface area contributed by atoms with Crippen LogP contribution in [0.1, 0.15) is 86.2 Å². The molecule has 4 amide bonds. The van der Waals surface area contributed by atoms with Gasteiger partial charge < -0.3 is 40.7 Å². The van der Waals surface area contributed by atoms with Gasteiger partial charge in [-0.1, -0.05) is 75.7 Å². The summed E-state index contributed by atoms with van der Waals surface area (Å²) in [5.41, 5.74) is 5.79. The lowest BCUT2D eigenvalue weighted by atomic mass is 9.49. The van der Waals surface area contributed by atoms with Crippen LogP contribution in [0.25, 0.3) is 10.4 Å². The zero-order valence-corrected chi connectivity index (χ0v) is 41.2. The maximum Gasteiger partial charge on any atom is 0.251 e. The molecule has 7 rings (SSSR count). The van der Waals surface area contributed by atoms with Gasteiger partial charge in [0.1, 0.15) is 30.0 Å². The number of carbonyl (C=O) groups is 4. The molecule has 0 spiro atoms. The minimum atomic E-state index is -0.957. The van der Waals surface area contributed by atoms with Crippen molar-refractivity contribution in [1.29, 1.82) is 5.26 Å². The number of likely N-dealkylation sites (tertiary alicyclic amines) is 1. The van der Waals surface area contributed by atoms with Gasteiger partial charge in [-0.2, -0.15) is 5.26 Å². The van der Waals surface area contributed by atoms with E-state index in [-0.39, 0.29) is 60.9 Å². The van der Waals surface area contributed by atoms with Crippen LogP contribution in [-0.4, -0.2) is 136 Å². The van der Waals surface area contributed by atoms with Crippen LogP contribution in [-0.2, 0) is 20.8 Å². The number of rotatable bonds is 17. The van der Waals surface area contributed by atoms with Gasteiger partial charge in [0, 0.05) is 67.6 Å². The highest BCUT2D eigenvalue weighted by Crippen LogP contribution is 2.55. The summed E-state index contributed by atoms with van der Waals surface area (Å²) in [5.74, 6) is -0.790. The van der Waals surface area contributed by atoms with Gasteiger partial charge in [-0.05, 0) is 74.2 Å². The highest BCUT2D eigenvalue weighted by atomic mass is 35.5. The summed E-state index contributed by atoms with van der Waals surface area (Å²) in [7, 11) is 0. The number of ether oxygens (including phenoxy) is 1. The Bertz CT molecular complexity index is 2470. The molecule has 4 aromatic rings. The van der Waals surface area contributed by atoms with Crippen molar-refractivity contribution < 1.29 is 34.1 Å². The maximum atomic E-state index is 13.6. The lowest BCUT2D eigenvalue weighted by molar-refractivity contribution is -0.164. The fourth-order valence-corrected chi connectivity index (χ4v) is 11.4. The second-order valence-corrected chi connectivity index (χ2v) is 20.8. The number of halogens is 1. The quantitative estimate of drug-likeness (QED) is 0.0941. The van der Waals surface area contributed by atoms with Gasteiger partial charge in [-0.15, -0.1) is 11.3 Å². The SMILES string of the molecule is Cc1ncsc1-c1ccc([C@H](CO)NC(=O)[C@@H]2C[C@@H](O)CN2C(=O)[C@H](C)NC(=O)CN2CCN(CCCc3ccc(C(=O)N[C@H]4C(C)(C)[C@H](Oc5ccc(C#N)c(Cl)c5)C4(C)C)cc3)CC2)cc1. The van der Waals surface area contributed by atoms with Crippen molar-refractivity contribution in [2.75, 3.05) is 52.4 Å². The first kappa shape index (κ1) is 50.5. The molecule has 2 saturated heterocycles. The Hall–Kier alpha value is -5.41. The van der Waals surface area contributed by atoms with E-state index in [1.54, 1.807) is 30.6 Å². The van der Waals surface area contributed by atoms with E-state index >= 15 is 0 Å². The number of nitrogens with zero attached hydrogens (tertiary/aromatic N) is 5. The van der Waals surface area contributed by atoms with E-state index in [2.05, 4.69) is 64.5 Å². The van der Waals surface area contributed by atoms with Crippen LogP contribution in [0.15, 0.2) is 72.2 Å². The normalized spacial score (nSPS) is 22.0. The van der Waals surface area contributed by atoms with Crippen molar-refractivity contribution in [1.82, 2.24) is 35.6 Å². The van der Waals surface area contributed by atoms with Crippen LogP contribution in [0.5, 0.6) is 5.75 Å². The Morgan fingerprint density at radius 1 is 0.971 bits per heavy atom. The van der Waals surface area contributed by atoms with Gasteiger partial charge in [0.05, 0.1) is 52.0 Å². The molecule has 0 bridgehead atoms. The molecule has 1 aliphatic carbocycles. The molecule has 2 aliphatic heterocycles. The predicted octanol–water partition coefficient (Wildman–Crippen LogP) is 5.12. The highest BCUT2D eigenvalue weighted by molar-refractivity contribution is 7.13. The largest absolute Gasteiger partial charge is 0.489 e. The van der Waals surface area contributed by atoms with Gasteiger partial charge in [0.2, 0.25) is 17.7 Å². The monoisotopic (exact) mass is 966 g/mol. The number of carbonyl (C=O) groups excluding carboxylic acids is 4. The molecule has 1 aromatic heterocycles. The molecular formula is C51H63ClN8O7S. The summed E-state index contributed by atoms with van der Waals surface area (Å²) in [5, 5.41) is 39.2. The molecule has 4 atom stereocenters. The number of thiazole rings is 1. The third-order valence-corrected chi connectivity index (χ3v) is 15.1. The van der Waals surface area contributed by atoms with E-state index < -0.39 is 36.0 Å². The zero-order valence-electron chi connectivity index (χ0n) is 39.6. The second kappa shape index (κ2) is 21.5. The number of amides is 4. The van der Waals surface area contributed by atoms with Crippen LogP contribution >= 0.6 is 22.9 Å². The summed E-state index contributed by atoms with van der Waals surface area (Å²) < 4.78 is 6.37. The number of hydrogen-bond acceptors (Lipinski definition) is 12. The van der Waals surface area contributed by atoms with Crippen molar-refractivity contribution in [3.8, 4) is 22.3 Å². The summed E-state index contributed by atoms with van der Waals surface area (Å²) in [6, 6.07) is 19.7. The van der Waals surface area contributed by atoms with Crippen LogP contribution in [0.4, 0.5) is 0 Å². The average molecular weight is 968 g/mol. The Morgan fingerprint density at radius 3 is 2.26 bits per heavy atom. The minimum absolute atomic E-state index is 0.0375. The molecule has 362 valence electrons. The number of aliphatic hydroxyl groups excluding tert-OH is 2. The number of nitriles is 1. The molecule has 3 heterocycles. The van der Waals surface area contributed by atoms with Crippen LogP contribution in [0, 0.1) is 29.1 Å². The third kappa shape index (κ3) is 11.4. The number of benzene rings is 3. The average Bonchev–Trinajstić information content (AvgIpc) is 3.94. The van der Waals surface area contributed by atoms with Gasteiger partial charge in [-0.25, -0.2) is 4.98 Å². The predicted molar refractivity (Wildman–Crippen MR) is 261 cm³/mol. The van der Waals surface area contributed by atoms with E-state index in [4.69, 9.17) is 16.3 Å². The van der Waals surface area contributed by atoms with Gasteiger partial charge in [0.15, 0.2) is 0 Å². The molecule has 17 heteroatoms. The van der Waals surface area contributed by atoms with Gasteiger partial charge in [0.25, 0.3) is 5.91 Å². The minimum Gasteiger partial charge on any atom is -0.489 e. The fourth-order valence-electron chi connectivity index (χ4n) is 10.4. The number of nitrogens with one attached hydrogen (secondary N) is 3. The van der Waals surface area contributed by atoms with Crippen LogP contribution in [0.2, 0.25) is 5.02 Å². The Labute approximate surface area is 407 Å². The third-order valence-electron chi connectivity index (χ3n) is 13.9. The molecule has 15 nitrogen and oxygen atoms in total. The molecule has 3 aromatic carbocycles. The van der Waals surface area contributed by atoms with E-state index in [1.807, 2.05) is 55.5 Å². The first-order valence-electron chi connectivity index (χ1n) is 23.3. The summed E-state index contributed by atoms with van der Waals surface area (Å²) >= 11 is 7.79. The smallest absolute Gasteiger partial charge is 0.251 e.